The molecule has 0 spiro atoms. The van der Waals surface area contributed by atoms with E-state index in [0.29, 0.717) is 0 Å². The molecule has 0 aliphatic rings. The van der Waals surface area contributed by atoms with E-state index in [1.165, 1.54) is 0 Å². The summed E-state index contributed by atoms with van der Waals surface area (Å²) in [7, 11) is 0. The van der Waals surface area contributed by atoms with Crippen LogP contribution in [-0.4, -0.2) is 0 Å². The van der Waals surface area contributed by atoms with E-state index in [0.717, 1.165) is 0 Å². The summed E-state index contributed by atoms with van der Waals surface area (Å²) in [5, 5.41) is 0. The van der Waals surface area contributed by atoms with Crippen molar-refractivity contribution in [2.75, 3.05) is 0 Å². The average Bonchev–Trinajstić information content (AvgIpc) is 0. The Hall–Kier alpha value is 2.20. The summed E-state index contributed by atoms with van der Waals surface area (Å²) in [5.74, 6) is 0. The summed E-state index contributed by atoms with van der Waals surface area (Å²) in [6.45, 7) is 0. The van der Waals surface area contributed by atoms with E-state index in [2.05, 4.69) is 0 Å². The van der Waals surface area contributed by atoms with E-state index in [1.54, 1.807) is 0 Å². The van der Waals surface area contributed by atoms with Gasteiger partial charge in [0.25, 0.3) is 0 Å². The van der Waals surface area contributed by atoms with Crippen LogP contribution in [0.1, 0.15) is 0 Å². The predicted molar refractivity (Wildman–Crippen MR) is 11.1 cm³/mol. The third-order valence-electron chi connectivity index (χ3n) is 0. The molecule has 1 unspecified atom stereocenters. The normalized spacial score (nSPS) is 0. The molecule has 0 amide bonds. The van der Waals surface area contributed by atoms with Gasteiger partial charge < -0.3 is 0 Å². The van der Waals surface area contributed by atoms with Crippen LogP contribution in [0.2, 0.25) is 0 Å². The van der Waals surface area contributed by atoms with Crippen molar-refractivity contribution in [2.24, 2.45) is 0 Å². The van der Waals surface area contributed by atoms with Crippen molar-refractivity contribution in [2.45, 2.75) is 0 Å². The zero-order valence-electron chi connectivity index (χ0n) is 1.82. The van der Waals surface area contributed by atoms with Crippen LogP contribution in [0.3, 0.4) is 0 Å². The molecule has 0 saturated heterocycles. The van der Waals surface area contributed by atoms with E-state index >= 15 is 0 Å². The van der Waals surface area contributed by atoms with Crippen molar-refractivity contribution in [1.82, 2.24) is 0 Å². The first kappa shape index (κ1) is 34.7. The van der Waals surface area contributed by atoms with Gasteiger partial charge in [0.1, 0.15) is 0 Å². The first-order valence-electron chi connectivity index (χ1n) is 0. The Kier molecular flexibility index (Phi) is 164. The summed E-state index contributed by atoms with van der Waals surface area (Å²) < 4.78 is 0. The van der Waals surface area contributed by atoms with Crippen LogP contribution in [0.4, 0.5) is 0 Å². The van der Waals surface area contributed by atoms with Gasteiger partial charge >= 0.3 is 0 Å². The molecule has 0 bridgehead atoms. The summed E-state index contributed by atoms with van der Waals surface area (Å²) in [6.07, 6.45) is 0. The Bertz CT molecular complexity index is 8.00. The molecule has 4 heavy (non-hydrogen) atoms. The molecule has 0 aromatic heterocycles. The van der Waals surface area contributed by atoms with E-state index < -0.39 is 0 Å². The van der Waals surface area contributed by atoms with Gasteiger partial charge in [-0.1, -0.05) is 0 Å². The molecule has 1 radical (unpaired) electrons. The minimum Gasteiger partial charge on any atom is -0.153 e. The Morgan fingerprint density at radius 2 is 1.00 bits per heavy atom. The third-order valence-corrected chi connectivity index (χ3v) is 0. The molecule has 0 aromatic rings. The van der Waals surface area contributed by atoms with Gasteiger partial charge in [-0.25, -0.2) is 0 Å². The Balaban J connectivity index is 0. The molecule has 0 rings (SSSR count). The summed E-state index contributed by atoms with van der Waals surface area (Å²) >= 11 is 0. The molecule has 0 fully saturated rings. The molecular formula is H3FePPdV. The topological polar surface area (TPSA) is 0 Å². The summed E-state index contributed by atoms with van der Waals surface area (Å²) in [5.41, 5.74) is 0. The van der Waals surface area contributed by atoms with Crippen molar-refractivity contribution in [3.05, 3.63) is 0 Å². The fourth-order valence-electron chi connectivity index (χ4n) is 0. The molecule has 0 aliphatic carbocycles. The zero-order valence-corrected chi connectivity index (χ0v) is 7.29. The van der Waals surface area contributed by atoms with Gasteiger partial charge in [-0.05, 0) is 0 Å². The van der Waals surface area contributed by atoms with E-state index in [9.17, 15) is 0 Å². The molecule has 0 heterocycles. The molecule has 0 nitrogen and oxygen atoms in total. The Morgan fingerprint density at radius 1 is 1.00 bits per heavy atom. The number of hydrogen-bond donors (Lipinski definition) is 0. The van der Waals surface area contributed by atoms with Crippen molar-refractivity contribution in [3.63, 3.8) is 0 Å². The van der Waals surface area contributed by atoms with E-state index in [1.807, 2.05) is 0 Å². The maximum atomic E-state index is 0. The van der Waals surface area contributed by atoms with Crippen LogP contribution in [0.5, 0.6) is 0 Å². The Morgan fingerprint density at radius 3 is 1.00 bits per heavy atom. The van der Waals surface area contributed by atoms with Crippen LogP contribution in [0.15, 0.2) is 0 Å². The van der Waals surface area contributed by atoms with Crippen LogP contribution in [0.25, 0.3) is 0 Å². The molecule has 1 atom stereocenters. The predicted octanol–water partition coefficient (Wildman–Crippen LogP) is 0.0506. The fourth-order valence-corrected chi connectivity index (χ4v) is 0. The van der Waals surface area contributed by atoms with Crippen molar-refractivity contribution >= 4 is 9.90 Å². The van der Waals surface area contributed by atoms with Gasteiger partial charge in [0, 0.05) is 56.0 Å². The largest absolute Gasteiger partial charge is 0.153 e. The number of hydrogen-bond acceptors (Lipinski definition) is 0. The quantitative estimate of drug-likeness (QED) is 0.419. The molecule has 0 saturated carbocycles. The zero-order chi connectivity index (χ0) is 0. The van der Waals surface area contributed by atoms with Crippen LogP contribution in [-0.2, 0) is 56.0 Å². The summed E-state index contributed by atoms with van der Waals surface area (Å²) in [4.78, 5) is 0. The minimum absolute atomic E-state index is 0. The molecule has 0 aliphatic heterocycles. The van der Waals surface area contributed by atoms with Crippen LogP contribution in [0, 0.1) is 0 Å². The number of rotatable bonds is 0. The smallest absolute Gasteiger partial charge is 0 e. The molecule has 0 aromatic carbocycles. The SMILES string of the molecule is P.[Fe].[Pd].[V]. The Labute approximate surface area is 65.5 Å². The van der Waals surface area contributed by atoms with Gasteiger partial charge in [0.2, 0.25) is 0 Å². The van der Waals surface area contributed by atoms with Crippen molar-refractivity contribution in [1.29, 1.82) is 0 Å². The standard InChI is InChI=1S/Fe.H3P.Pd.V/h;1H3;;. The van der Waals surface area contributed by atoms with Crippen molar-refractivity contribution < 1.29 is 56.0 Å². The molecule has 4 heteroatoms. The molecular weight excluding hydrogens is 244 g/mol. The van der Waals surface area contributed by atoms with E-state index in [4.69, 9.17) is 0 Å². The second-order valence-electron chi connectivity index (χ2n) is 0. The van der Waals surface area contributed by atoms with Gasteiger partial charge in [0.05, 0.1) is 0 Å². The average molecular weight is 247 g/mol. The van der Waals surface area contributed by atoms with Crippen LogP contribution < -0.4 is 0 Å². The third kappa shape index (κ3) is 8.89. The van der Waals surface area contributed by atoms with Gasteiger partial charge in [-0.2, -0.15) is 9.90 Å². The van der Waals surface area contributed by atoms with Gasteiger partial charge in [-0.3, -0.25) is 0 Å². The van der Waals surface area contributed by atoms with Crippen molar-refractivity contribution in [3.8, 4) is 0 Å². The van der Waals surface area contributed by atoms with E-state index in [-0.39, 0.29) is 65.9 Å². The van der Waals surface area contributed by atoms with Gasteiger partial charge in [-0.15, -0.1) is 0 Å². The molecule has 31 valence electrons. The summed E-state index contributed by atoms with van der Waals surface area (Å²) in [6, 6.07) is 0. The maximum absolute atomic E-state index is 0. The van der Waals surface area contributed by atoms with Crippen LogP contribution >= 0.6 is 9.90 Å². The fraction of sp³-hybridized carbons (Fsp3) is 0. The first-order valence-corrected chi connectivity index (χ1v) is 0. The maximum Gasteiger partial charge on any atom is 0 e. The first-order chi connectivity index (χ1) is 0. The minimum atomic E-state index is 0. The van der Waals surface area contributed by atoms with Gasteiger partial charge in [0.15, 0.2) is 0 Å². The monoisotopic (exact) mass is 247 g/mol. The second-order valence-corrected chi connectivity index (χ2v) is 0. The molecule has 0 N–H and O–H groups in total. The second kappa shape index (κ2) is 19.0.